The van der Waals surface area contributed by atoms with Gasteiger partial charge in [0.25, 0.3) is 0 Å². The Bertz CT molecular complexity index is 362. The minimum absolute atomic E-state index is 0.625. The summed E-state index contributed by atoms with van der Waals surface area (Å²) < 4.78 is 4.93. The van der Waals surface area contributed by atoms with E-state index in [1.165, 1.54) is 5.56 Å². The minimum Gasteiger partial charge on any atom is -0.480 e. The number of hydrogen-bond donors (Lipinski definition) is 2. The van der Waals surface area contributed by atoms with E-state index in [1.54, 1.807) is 7.11 Å². The van der Waals surface area contributed by atoms with E-state index in [0.717, 1.165) is 18.4 Å². The Hall–Kier alpha value is -1.39. The number of aryl methyl sites for hydroxylation is 1. The summed E-state index contributed by atoms with van der Waals surface area (Å²) in [6, 6.07) is 7.05. The van der Waals surface area contributed by atoms with Crippen LogP contribution in [0.4, 0.5) is 0 Å². The van der Waals surface area contributed by atoms with Gasteiger partial charge >= 0.3 is 5.97 Å². The van der Waals surface area contributed by atoms with Crippen LogP contribution in [0.3, 0.4) is 0 Å². The van der Waals surface area contributed by atoms with Crippen LogP contribution < -0.4 is 5.32 Å². The van der Waals surface area contributed by atoms with Crippen molar-refractivity contribution in [1.82, 2.24) is 5.32 Å². The summed E-state index contributed by atoms with van der Waals surface area (Å²) in [6.07, 6.45) is 1.76. The highest BCUT2D eigenvalue weighted by molar-refractivity contribution is 5.75. The first kappa shape index (κ1) is 14.7. The molecule has 0 aliphatic rings. The van der Waals surface area contributed by atoms with Crippen LogP contribution in [-0.4, -0.2) is 31.3 Å². The number of aliphatic carboxylic acids is 1. The molecule has 1 unspecified atom stereocenters. The first-order chi connectivity index (χ1) is 8.69. The van der Waals surface area contributed by atoms with Crippen molar-refractivity contribution in [3.63, 3.8) is 0 Å². The molecule has 0 aliphatic carbocycles. The molecule has 1 aromatic rings. The number of hydrogen-bond acceptors (Lipinski definition) is 3. The van der Waals surface area contributed by atoms with Crippen molar-refractivity contribution in [2.75, 3.05) is 20.3 Å². The zero-order valence-corrected chi connectivity index (χ0v) is 11.0. The van der Waals surface area contributed by atoms with Crippen molar-refractivity contribution in [3.8, 4) is 0 Å². The molecule has 0 fully saturated rings. The largest absolute Gasteiger partial charge is 0.480 e. The Balaban J connectivity index is 2.62. The lowest BCUT2D eigenvalue weighted by molar-refractivity contribution is -0.139. The molecule has 0 heterocycles. The van der Waals surface area contributed by atoms with Crippen molar-refractivity contribution in [2.24, 2.45) is 0 Å². The molecule has 1 atom stereocenters. The molecule has 0 aromatic heterocycles. The third-order valence-corrected chi connectivity index (χ3v) is 2.84. The molecule has 4 nitrogen and oxygen atoms in total. The highest BCUT2D eigenvalue weighted by atomic mass is 16.5. The summed E-state index contributed by atoms with van der Waals surface area (Å²) in [6.45, 7) is 3.33. The maximum atomic E-state index is 11.2. The predicted octanol–water partition coefficient (Wildman–Crippen LogP) is 2.00. The highest BCUT2D eigenvalue weighted by Crippen LogP contribution is 2.14. The average Bonchev–Trinajstić information content (AvgIpc) is 2.39. The first-order valence-corrected chi connectivity index (χ1v) is 6.23. The number of nitrogens with one attached hydrogen (secondary N) is 1. The lowest BCUT2D eigenvalue weighted by Crippen LogP contribution is -2.29. The first-order valence-electron chi connectivity index (χ1n) is 6.23. The van der Waals surface area contributed by atoms with Crippen molar-refractivity contribution < 1.29 is 14.6 Å². The molecule has 100 valence electrons. The van der Waals surface area contributed by atoms with E-state index in [4.69, 9.17) is 4.74 Å². The van der Waals surface area contributed by atoms with Crippen molar-refractivity contribution >= 4 is 5.97 Å². The molecule has 0 aliphatic heterocycles. The van der Waals surface area contributed by atoms with Gasteiger partial charge in [-0.05, 0) is 30.5 Å². The van der Waals surface area contributed by atoms with Crippen molar-refractivity contribution in [2.45, 2.75) is 25.8 Å². The Morgan fingerprint density at radius 2 is 2.06 bits per heavy atom. The van der Waals surface area contributed by atoms with Gasteiger partial charge in [0.1, 0.15) is 6.04 Å². The molecule has 0 spiro atoms. The summed E-state index contributed by atoms with van der Waals surface area (Å²) >= 11 is 0. The van der Waals surface area contributed by atoms with E-state index in [2.05, 4.69) is 12.2 Å². The number of benzene rings is 1. The molecule has 4 heteroatoms. The zero-order chi connectivity index (χ0) is 13.4. The summed E-state index contributed by atoms with van der Waals surface area (Å²) in [7, 11) is 1.64. The van der Waals surface area contributed by atoms with E-state index < -0.39 is 12.0 Å². The van der Waals surface area contributed by atoms with Crippen LogP contribution >= 0.6 is 0 Å². The Morgan fingerprint density at radius 3 is 2.56 bits per heavy atom. The third-order valence-electron chi connectivity index (χ3n) is 2.84. The van der Waals surface area contributed by atoms with Gasteiger partial charge < -0.3 is 15.2 Å². The van der Waals surface area contributed by atoms with E-state index in [0.29, 0.717) is 13.2 Å². The van der Waals surface area contributed by atoms with Crippen molar-refractivity contribution in [1.29, 1.82) is 0 Å². The fourth-order valence-corrected chi connectivity index (χ4v) is 1.76. The molecular weight excluding hydrogens is 230 g/mol. The van der Waals surface area contributed by atoms with Gasteiger partial charge in [0.15, 0.2) is 0 Å². The predicted molar refractivity (Wildman–Crippen MR) is 70.7 cm³/mol. The van der Waals surface area contributed by atoms with E-state index >= 15 is 0 Å². The Morgan fingerprint density at radius 1 is 1.39 bits per heavy atom. The van der Waals surface area contributed by atoms with Crippen LogP contribution in [0.5, 0.6) is 0 Å². The molecule has 0 saturated carbocycles. The smallest absolute Gasteiger partial charge is 0.325 e. The number of methoxy groups -OCH3 is 1. The van der Waals surface area contributed by atoms with Gasteiger partial charge in [0, 0.05) is 13.7 Å². The van der Waals surface area contributed by atoms with Gasteiger partial charge in [0.2, 0.25) is 0 Å². The highest BCUT2D eigenvalue weighted by Gasteiger charge is 2.18. The van der Waals surface area contributed by atoms with Crippen LogP contribution in [-0.2, 0) is 16.0 Å². The van der Waals surface area contributed by atoms with Gasteiger partial charge in [-0.25, -0.2) is 0 Å². The molecule has 1 rings (SSSR count). The van der Waals surface area contributed by atoms with Crippen LogP contribution in [0.25, 0.3) is 0 Å². The molecule has 2 N–H and O–H groups in total. The van der Waals surface area contributed by atoms with Crippen LogP contribution in [0.15, 0.2) is 24.3 Å². The van der Waals surface area contributed by atoms with Gasteiger partial charge in [-0.2, -0.15) is 0 Å². The van der Waals surface area contributed by atoms with Crippen molar-refractivity contribution in [3.05, 3.63) is 35.4 Å². The second-order valence-electron chi connectivity index (χ2n) is 4.17. The Labute approximate surface area is 108 Å². The third kappa shape index (κ3) is 4.47. The zero-order valence-electron chi connectivity index (χ0n) is 11.0. The lowest BCUT2D eigenvalue weighted by atomic mass is 10.0. The fourth-order valence-electron chi connectivity index (χ4n) is 1.76. The summed E-state index contributed by atoms with van der Waals surface area (Å²) in [4.78, 5) is 11.2. The standard InChI is InChI=1S/C14H21NO3/c1-3-11-5-7-12(8-6-11)13(14(16)17)15-9-4-10-18-2/h5-8,13,15H,3-4,9-10H2,1-2H3,(H,16,17). The summed E-state index contributed by atoms with van der Waals surface area (Å²) in [5.41, 5.74) is 2.00. The summed E-state index contributed by atoms with van der Waals surface area (Å²) in [5.74, 6) is -0.850. The molecule has 0 bridgehead atoms. The van der Waals surface area contributed by atoms with Gasteiger partial charge in [-0.15, -0.1) is 0 Å². The molecular formula is C14H21NO3. The lowest BCUT2D eigenvalue weighted by Gasteiger charge is -2.15. The number of carbonyl (C=O) groups is 1. The number of ether oxygens (including phenoxy) is 1. The van der Waals surface area contributed by atoms with E-state index in [-0.39, 0.29) is 0 Å². The Kier molecular flexibility index (Phi) is 6.39. The van der Waals surface area contributed by atoms with E-state index in [9.17, 15) is 9.90 Å². The van der Waals surface area contributed by atoms with Gasteiger partial charge in [-0.3, -0.25) is 4.79 Å². The van der Waals surface area contributed by atoms with Crippen LogP contribution in [0, 0.1) is 0 Å². The maximum Gasteiger partial charge on any atom is 0.325 e. The van der Waals surface area contributed by atoms with Crippen LogP contribution in [0.1, 0.15) is 30.5 Å². The second kappa shape index (κ2) is 7.84. The number of carboxylic acids is 1. The van der Waals surface area contributed by atoms with Crippen LogP contribution in [0.2, 0.25) is 0 Å². The SMILES string of the molecule is CCc1ccc(C(NCCCOC)C(=O)O)cc1. The average molecular weight is 251 g/mol. The fraction of sp³-hybridized carbons (Fsp3) is 0.500. The molecule has 18 heavy (non-hydrogen) atoms. The van der Waals surface area contributed by atoms with Gasteiger partial charge in [0.05, 0.1) is 0 Å². The maximum absolute atomic E-state index is 11.2. The quantitative estimate of drug-likeness (QED) is 0.694. The number of rotatable bonds is 8. The van der Waals surface area contributed by atoms with E-state index in [1.807, 2.05) is 24.3 Å². The minimum atomic E-state index is -0.850. The molecule has 0 amide bonds. The topological polar surface area (TPSA) is 58.6 Å². The van der Waals surface area contributed by atoms with Gasteiger partial charge in [-0.1, -0.05) is 31.2 Å². The molecule has 1 aromatic carbocycles. The summed E-state index contributed by atoms with van der Waals surface area (Å²) in [5, 5.41) is 12.2. The monoisotopic (exact) mass is 251 g/mol. The second-order valence-corrected chi connectivity index (χ2v) is 4.17. The number of carboxylic acid groups (broad SMARTS) is 1. The molecule has 0 radical (unpaired) electrons. The molecule has 0 saturated heterocycles. The normalized spacial score (nSPS) is 12.3.